The van der Waals surface area contributed by atoms with Gasteiger partial charge in [-0.1, -0.05) is 13.8 Å². The van der Waals surface area contributed by atoms with E-state index in [1.54, 1.807) is 12.4 Å². The minimum absolute atomic E-state index is 0.338. The maximum absolute atomic E-state index is 11.0. The van der Waals surface area contributed by atoms with Crippen molar-refractivity contribution in [3.63, 3.8) is 0 Å². The molecule has 0 fully saturated rings. The Labute approximate surface area is 83.3 Å². The maximum atomic E-state index is 11.0. The molecule has 4 heteroatoms. The standard InChI is InChI=1S/C10H14N2O2/c1-7(2)8-4-5-11-6-9(8)12-10(13)14-3/h4-7H,1-3H3,(H,12,13). The van der Waals surface area contributed by atoms with Crippen LogP contribution in [0.5, 0.6) is 0 Å². The fourth-order valence-corrected chi connectivity index (χ4v) is 1.17. The molecule has 1 N–H and O–H groups in total. The van der Waals surface area contributed by atoms with E-state index in [0.29, 0.717) is 11.6 Å². The third kappa shape index (κ3) is 2.45. The highest BCUT2D eigenvalue weighted by Gasteiger charge is 2.08. The van der Waals surface area contributed by atoms with Crippen molar-refractivity contribution in [2.24, 2.45) is 0 Å². The average Bonchev–Trinajstić information content (AvgIpc) is 2.18. The zero-order valence-electron chi connectivity index (χ0n) is 8.57. The Balaban J connectivity index is 2.90. The Kier molecular flexibility index (Phi) is 3.45. The molecule has 1 amide bonds. The van der Waals surface area contributed by atoms with Crippen LogP contribution in [-0.2, 0) is 4.74 Å². The molecule has 4 nitrogen and oxygen atoms in total. The molecule has 1 rings (SSSR count). The molecule has 0 aliphatic heterocycles. The smallest absolute Gasteiger partial charge is 0.411 e. The predicted octanol–water partition coefficient (Wildman–Crippen LogP) is 2.38. The summed E-state index contributed by atoms with van der Waals surface area (Å²) in [4.78, 5) is 14.9. The molecule has 1 heterocycles. The first-order valence-corrected chi connectivity index (χ1v) is 4.44. The number of pyridine rings is 1. The van der Waals surface area contributed by atoms with Crippen molar-refractivity contribution in [1.82, 2.24) is 4.98 Å². The number of hydrogen-bond acceptors (Lipinski definition) is 3. The molecule has 76 valence electrons. The molecule has 0 saturated carbocycles. The van der Waals surface area contributed by atoms with Crippen molar-refractivity contribution in [1.29, 1.82) is 0 Å². The summed E-state index contributed by atoms with van der Waals surface area (Å²) in [6.45, 7) is 4.11. The van der Waals surface area contributed by atoms with E-state index in [1.165, 1.54) is 7.11 Å². The Hall–Kier alpha value is -1.58. The van der Waals surface area contributed by atoms with Gasteiger partial charge in [0.15, 0.2) is 0 Å². The van der Waals surface area contributed by atoms with E-state index in [-0.39, 0.29) is 0 Å². The molecule has 0 aliphatic rings. The van der Waals surface area contributed by atoms with E-state index in [0.717, 1.165) is 5.56 Å². The summed E-state index contributed by atoms with van der Waals surface area (Å²) in [7, 11) is 1.33. The molecule has 0 atom stereocenters. The molecule has 0 saturated heterocycles. The van der Waals surface area contributed by atoms with Crippen LogP contribution >= 0.6 is 0 Å². The third-order valence-electron chi connectivity index (χ3n) is 1.90. The molecule has 0 aromatic carbocycles. The molecule has 14 heavy (non-hydrogen) atoms. The van der Waals surface area contributed by atoms with Crippen molar-refractivity contribution >= 4 is 11.8 Å². The summed E-state index contributed by atoms with van der Waals surface area (Å²) in [5, 5.41) is 2.62. The second-order valence-corrected chi connectivity index (χ2v) is 3.23. The van der Waals surface area contributed by atoms with Crippen LogP contribution in [-0.4, -0.2) is 18.2 Å². The number of nitrogens with one attached hydrogen (secondary N) is 1. The second-order valence-electron chi connectivity index (χ2n) is 3.23. The number of anilines is 1. The zero-order valence-corrected chi connectivity index (χ0v) is 8.57. The number of nitrogens with zero attached hydrogens (tertiary/aromatic N) is 1. The normalized spacial score (nSPS) is 10.0. The SMILES string of the molecule is COC(=O)Nc1cnccc1C(C)C. The number of ether oxygens (including phenoxy) is 1. The second kappa shape index (κ2) is 4.60. The Morgan fingerprint density at radius 3 is 2.86 bits per heavy atom. The summed E-state index contributed by atoms with van der Waals surface area (Å²) in [5.41, 5.74) is 1.75. The van der Waals surface area contributed by atoms with E-state index >= 15 is 0 Å². The van der Waals surface area contributed by atoms with Crippen LogP contribution < -0.4 is 5.32 Å². The molecule has 1 aromatic rings. The maximum Gasteiger partial charge on any atom is 0.411 e. The molecule has 0 bridgehead atoms. The van der Waals surface area contributed by atoms with Gasteiger partial charge in [-0.2, -0.15) is 0 Å². The number of carbonyl (C=O) groups excluding carboxylic acids is 1. The van der Waals surface area contributed by atoms with Gasteiger partial charge in [-0.3, -0.25) is 10.3 Å². The minimum Gasteiger partial charge on any atom is -0.453 e. The van der Waals surface area contributed by atoms with Crippen LogP contribution in [0.2, 0.25) is 0 Å². The molecular weight excluding hydrogens is 180 g/mol. The Morgan fingerprint density at radius 2 is 2.29 bits per heavy atom. The van der Waals surface area contributed by atoms with Gasteiger partial charge in [0.1, 0.15) is 0 Å². The number of hydrogen-bond donors (Lipinski definition) is 1. The molecule has 0 unspecified atom stereocenters. The van der Waals surface area contributed by atoms with Gasteiger partial charge < -0.3 is 4.74 Å². The van der Waals surface area contributed by atoms with Gasteiger partial charge in [0.05, 0.1) is 19.0 Å². The quantitative estimate of drug-likeness (QED) is 0.786. The highest BCUT2D eigenvalue weighted by Crippen LogP contribution is 2.22. The minimum atomic E-state index is -0.472. The Morgan fingerprint density at radius 1 is 1.57 bits per heavy atom. The third-order valence-corrected chi connectivity index (χ3v) is 1.90. The van der Waals surface area contributed by atoms with E-state index in [4.69, 9.17) is 0 Å². The summed E-state index contributed by atoms with van der Waals surface area (Å²) in [6, 6.07) is 1.88. The lowest BCUT2D eigenvalue weighted by molar-refractivity contribution is 0.187. The first-order chi connectivity index (χ1) is 6.65. The van der Waals surface area contributed by atoms with E-state index < -0.39 is 6.09 Å². The highest BCUT2D eigenvalue weighted by atomic mass is 16.5. The highest BCUT2D eigenvalue weighted by molar-refractivity contribution is 5.85. The van der Waals surface area contributed by atoms with Gasteiger partial charge in [-0.05, 0) is 17.5 Å². The van der Waals surface area contributed by atoms with Crippen LogP contribution in [0.15, 0.2) is 18.5 Å². The fourth-order valence-electron chi connectivity index (χ4n) is 1.17. The number of amides is 1. The molecule has 0 aliphatic carbocycles. The van der Waals surface area contributed by atoms with Crippen molar-refractivity contribution in [3.8, 4) is 0 Å². The van der Waals surface area contributed by atoms with Gasteiger partial charge in [0, 0.05) is 6.20 Å². The lowest BCUT2D eigenvalue weighted by atomic mass is 10.0. The van der Waals surface area contributed by atoms with Gasteiger partial charge in [-0.25, -0.2) is 4.79 Å². The molecule has 0 radical (unpaired) electrons. The molecular formula is C10H14N2O2. The topological polar surface area (TPSA) is 51.2 Å². The van der Waals surface area contributed by atoms with E-state index in [1.807, 2.05) is 6.07 Å². The largest absolute Gasteiger partial charge is 0.453 e. The number of aromatic nitrogens is 1. The molecule has 0 spiro atoms. The average molecular weight is 194 g/mol. The number of rotatable bonds is 2. The van der Waals surface area contributed by atoms with Gasteiger partial charge >= 0.3 is 6.09 Å². The number of methoxy groups -OCH3 is 1. The summed E-state index contributed by atoms with van der Waals surface area (Å²) in [5.74, 6) is 0.338. The summed E-state index contributed by atoms with van der Waals surface area (Å²) >= 11 is 0. The summed E-state index contributed by atoms with van der Waals surface area (Å²) in [6.07, 6.45) is 2.85. The van der Waals surface area contributed by atoms with Crippen molar-refractivity contribution in [2.45, 2.75) is 19.8 Å². The van der Waals surface area contributed by atoms with Crippen molar-refractivity contribution < 1.29 is 9.53 Å². The lowest BCUT2D eigenvalue weighted by Crippen LogP contribution is -2.13. The zero-order chi connectivity index (χ0) is 10.6. The van der Waals surface area contributed by atoms with Crippen LogP contribution in [0.4, 0.5) is 10.5 Å². The summed E-state index contributed by atoms with van der Waals surface area (Å²) < 4.78 is 4.51. The fraction of sp³-hybridized carbons (Fsp3) is 0.400. The van der Waals surface area contributed by atoms with Crippen molar-refractivity contribution in [3.05, 3.63) is 24.0 Å². The van der Waals surface area contributed by atoms with Gasteiger partial charge in [-0.15, -0.1) is 0 Å². The number of carbonyl (C=O) groups is 1. The van der Waals surface area contributed by atoms with E-state index in [2.05, 4.69) is 28.9 Å². The monoisotopic (exact) mass is 194 g/mol. The van der Waals surface area contributed by atoms with Gasteiger partial charge in [0.25, 0.3) is 0 Å². The van der Waals surface area contributed by atoms with Gasteiger partial charge in [0.2, 0.25) is 0 Å². The predicted molar refractivity (Wildman–Crippen MR) is 54.4 cm³/mol. The first kappa shape index (κ1) is 10.5. The first-order valence-electron chi connectivity index (χ1n) is 4.44. The van der Waals surface area contributed by atoms with Crippen molar-refractivity contribution in [2.75, 3.05) is 12.4 Å². The van der Waals surface area contributed by atoms with Crippen LogP contribution in [0, 0.1) is 0 Å². The van der Waals surface area contributed by atoms with Crippen LogP contribution in [0.1, 0.15) is 25.3 Å². The lowest BCUT2D eigenvalue weighted by Gasteiger charge is -2.11. The van der Waals surface area contributed by atoms with Crippen LogP contribution in [0.25, 0.3) is 0 Å². The van der Waals surface area contributed by atoms with Crippen LogP contribution in [0.3, 0.4) is 0 Å². The Bertz CT molecular complexity index is 324. The van der Waals surface area contributed by atoms with E-state index in [9.17, 15) is 4.79 Å². The molecule has 1 aromatic heterocycles.